The lowest BCUT2D eigenvalue weighted by Crippen LogP contribution is -2.62. The maximum absolute atomic E-state index is 14.4. The Hall–Kier alpha value is -9.43. The van der Waals surface area contributed by atoms with E-state index in [4.69, 9.17) is 17.2 Å². The number of primary amides is 1. The van der Waals surface area contributed by atoms with Crippen molar-refractivity contribution in [2.45, 2.75) is 276 Å². The van der Waals surface area contributed by atoms with Crippen molar-refractivity contribution in [3.63, 3.8) is 0 Å². The molecule has 0 aromatic heterocycles. The summed E-state index contributed by atoms with van der Waals surface area (Å²) in [5.41, 5.74) is 16.8. The van der Waals surface area contributed by atoms with Crippen LogP contribution in [0.25, 0.3) is 0 Å². The van der Waals surface area contributed by atoms with Crippen LogP contribution in [-0.4, -0.2) is 276 Å². The van der Waals surface area contributed by atoms with Crippen molar-refractivity contribution in [1.29, 1.82) is 0 Å². The number of aliphatic carboxylic acids is 5. The van der Waals surface area contributed by atoms with Gasteiger partial charge in [0.05, 0.1) is 49.8 Å². The number of carboxylic acid groups (broad SMARTS) is 5. The number of nitrogens with one attached hydrogen (secondary N) is 13. The Labute approximate surface area is 666 Å². The van der Waals surface area contributed by atoms with E-state index >= 15 is 0 Å². The number of carbonyl (C=O) groups excluding carboxylic acids is 13. The van der Waals surface area contributed by atoms with Gasteiger partial charge in [-0.1, -0.05) is 88.5 Å². The third-order valence-electron chi connectivity index (χ3n) is 18.3. The number of nitrogens with two attached hydrogens (primary N) is 3. The fourth-order valence-corrected chi connectivity index (χ4v) is 11.7. The molecule has 42 nitrogen and oxygen atoms in total. The van der Waals surface area contributed by atoms with Crippen LogP contribution < -0.4 is 86.3 Å². The quantitative estimate of drug-likeness (QED) is 0.0253. The summed E-state index contributed by atoms with van der Waals surface area (Å²) in [5, 5.41) is 113. The highest BCUT2D eigenvalue weighted by Crippen LogP contribution is 2.17. The molecule has 114 heavy (non-hydrogen) atoms. The van der Waals surface area contributed by atoms with E-state index in [-0.39, 0.29) is 50.4 Å². The summed E-state index contributed by atoms with van der Waals surface area (Å²) in [6, 6.07) is -22.5. The van der Waals surface area contributed by atoms with Crippen molar-refractivity contribution in [2.24, 2.45) is 46.8 Å². The summed E-state index contributed by atoms with van der Waals surface area (Å²) in [5.74, 6) is -24.2. The van der Waals surface area contributed by atoms with E-state index in [0.29, 0.717) is 25.1 Å². The summed E-state index contributed by atoms with van der Waals surface area (Å²) >= 11 is 1.35. The van der Waals surface area contributed by atoms with Crippen molar-refractivity contribution in [3.05, 3.63) is 0 Å². The van der Waals surface area contributed by atoms with E-state index < -0.39 is 286 Å². The van der Waals surface area contributed by atoms with Crippen molar-refractivity contribution < 1.29 is 127 Å². The molecule has 0 aliphatic heterocycles. The van der Waals surface area contributed by atoms with Gasteiger partial charge < -0.3 is 127 Å². The zero-order chi connectivity index (χ0) is 87.6. The van der Waals surface area contributed by atoms with Crippen molar-refractivity contribution >= 4 is 118 Å². The van der Waals surface area contributed by atoms with Crippen molar-refractivity contribution in [1.82, 2.24) is 69.1 Å². The Kier molecular flexibility index (Phi) is 49.9. The van der Waals surface area contributed by atoms with Crippen LogP contribution in [0.1, 0.15) is 179 Å². The molecule has 0 rings (SSSR count). The molecule has 18 atom stereocenters. The molecule has 0 unspecified atom stereocenters. The summed E-state index contributed by atoms with van der Waals surface area (Å²) in [6.45, 7) is 16.0. The number of aliphatic hydroxyl groups excluding tert-OH is 3. The topological polar surface area (TPSA) is 704 Å². The van der Waals surface area contributed by atoms with Crippen LogP contribution in [0.4, 0.5) is 0 Å². The summed E-state index contributed by atoms with van der Waals surface area (Å²) in [4.78, 5) is 239. The van der Waals surface area contributed by atoms with Crippen LogP contribution >= 0.6 is 11.8 Å². The molecule has 0 aliphatic carbocycles. The highest BCUT2D eigenvalue weighted by Gasteiger charge is 2.40. The first-order valence-corrected chi connectivity index (χ1v) is 39.3. The smallest absolute Gasteiger partial charge is 0.305 e. The van der Waals surface area contributed by atoms with Gasteiger partial charge in [-0.2, -0.15) is 11.8 Å². The average Bonchev–Trinajstić information content (AvgIpc) is 0.849. The molecule has 0 radical (unpaired) electrons. The molecule has 0 saturated heterocycles. The molecule has 0 aliphatic rings. The monoisotopic (exact) mass is 1650 g/mol. The Morgan fingerprint density at radius 3 is 1.15 bits per heavy atom. The summed E-state index contributed by atoms with van der Waals surface area (Å²) < 4.78 is 0. The SMILES string of the molecule is CC[C@H](C)[C@H](NC(=O)[C@H](CCC(=O)O)NC(=O)[C@H](CCC(=O)O)NC(=O)[C@@H](NC(=O)[C@@H](N)CCCCN)[C@@H](C)O)C(=O)N[C@@H](CO)C(=O)N[C@@H](CCC(=O)O)C(=O)N[C@H](C(=O)N[C@@H](CC(=O)O)C(=O)N[C@@H](CC(C)C)[C@@H](O)CN[C@@H](CCSC)C(=O)N[C@H](C(=O)N[C@@H](CC(C)C)C(=O)N[C@@H](CC(=O)O)C(N)=O)C(C)C)[C@@H](C)CC. The van der Waals surface area contributed by atoms with Gasteiger partial charge in [0.1, 0.15) is 66.5 Å². The second kappa shape index (κ2) is 54.4. The molecular formula is C71H124N16O26S. The van der Waals surface area contributed by atoms with Gasteiger partial charge in [0.2, 0.25) is 76.8 Å². The third-order valence-corrected chi connectivity index (χ3v) is 18.9. The molecule has 27 N–H and O–H groups in total. The summed E-state index contributed by atoms with van der Waals surface area (Å²) in [6.07, 6.45) is -6.42. The van der Waals surface area contributed by atoms with E-state index in [1.807, 2.05) is 0 Å². The molecule has 0 saturated carbocycles. The number of unbranched alkanes of at least 4 members (excludes halogenated alkanes) is 1. The van der Waals surface area contributed by atoms with E-state index in [9.17, 15) is 127 Å². The van der Waals surface area contributed by atoms with Crippen LogP contribution in [0, 0.1) is 29.6 Å². The van der Waals surface area contributed by atoms with Gasteiger partial charge in [-0.15, -0.1) is 0 Å². The number of thioether (sulfide) groups is 1. The highest BCUT2D eigenvalue weighted by molar-refractivity contribution is 7.98. The lowest BCUT2D eigenvalue weighted by Gasteiger charge is -2.31. The normalized spacial score (nSPS) is 16.1. The number of carboxylic acids is 5. The fraction of sp³-hybridized carbons (Fsp3) is 0.746. The van der Waals surface area contributed by atoms with E-state index in [0.717, 1.165) is 6.92 Å². The van der Waals surface area contributed by atoms with Crippen LogP contribution in [0.3, 0.4) is 0 Å². The maximum Gasteiger partial charge on any atom is 0.305 e. The van der Waals surface area contributed by atoms with Gasteiger partial charge in [0.15, 0.2) is 0 Å². The molecule has 0 aromatic rings. The van der Waals surface area contributed by atoms with E-state index in [1.165, 1.54) is 25.6 Å². The first-order valence-electron chi connectivity index (χ1n) is 37.9. The molecule has 13 amide bonds. The Morgan fingerprint density at radius 2 is 0.746 bits per heavy atom. The average molecular weight is 1650 g/mol. The van der Waals surface area contributed by atoms with Gasteiger partial charge in [-0.25, -0.2) is 0 Å². The van der Waals surface area contributed by atoms with Crippen molar-refractivity contribution in [2.75, 3.05) is 31.7 Å². The van der Waals surface area contributed by atoms with Crippen LogP contribution in [0.15, 0.2) is 0 Å². The molecule has 0 bridgehead atoms. The number of hydrogen-bond acceptors (Lipinski definition) is 25. The molecule has 0 spiro atoms. The second-order valence-electron chi connectivity index (χ2n) is 29.3. The summed E-state index contributed by atoms with van der Waals surface area (Å²) in [7, 11) is 0. The minimum absolute atomic E-state index is 0.0165. The maximum atomic E-state index is 14.4. The number of rotatable bonds is 60. The number of carbonyl (C=O) groups is 18. The molecular weight excluding hydrogens is 1520 g/mol. The Morgan fingerprint density at radius 1 is 0.386 bits per heavy atom. The zero-order valence-corrected chi connectivity index (χ0v) is 67.6. The standard InChI is InChI=1S/C71H124N16O26S/c1-13-36(9)56(69(111)82-47(30-54(99)100)66(108)79-44(27-33(3)4)49(90)31-75-40(24-26-114-12)61(103)84-55(35(7)8)68(110)81-46(28-34(5)6)65(107)80-45(59(74)101)29-53(97)98)85-64(106)43(20-23-52(95)96)77-67(109)48(32-88)83-70(112)57(37(10)14-2)86-63(105)42(19-22-51(93)94)76-62(104)41(18-21-50(91)92)78-71(113)58(38(11)89)87-60(102)39(73)17-15-16-25-72/h33-49,55-58,75,88-90H,13-32,72-73H2,1-12H3,(H2,74,101)(H,76,104)(H,77,109)(H,78,113)(H,79,108)(H,80,107)(H,81,110)(H,82,111)(H,83,112)(H,84,103)(H,85,106)(H,86,105)(H,87,102)(H,91,92)(H,93,94)(H,95,96)(H,97,98)(H,99,100)/t36-,37-,38+,39-,40-,41-,42-,43-,44-,45-,46-,47-,48-,49-,55-,56-,57-,58-/m0/s1. The molecule has 0 aromatic carbocycles. The molecule has 43 heteroatoms. The minimum atomic E-state index is -2.02. The lowest BCUT2D eigenvalue weighted by atomic mass is 9.96. The first-order chi connectivity index (χ1) is 53.2. The lowest BCUT2D eigenvalue weighted by molar-refractivity contribution is -0.142. The Bertz CT molecular complexity index is 3220. The molecule has 0 fully saturated rings. The van der Waals surface area contributed by atoms with Crippen molar-refractivity contribution in [3.8, 4) is 0 Å². The first kappa shape index (κ1) is 105. The molecule has 650 valence electrons. The predicted octanol–water partition coefficient (Wildman–Crippen LogP) is -5.42. The highest BCUT2D eigenvalue weighted by atomic mass is 32.2. The predicted molar refractivity (Wildman–Crippen MR) is 411 cm³/mol. The van der Waals surface area contributed by atoms with Crippen LogP contribution in [0.5, 0.6) is 0 Å². The van der Waals surface area contributed by atoms with Gasteiger partial charge in [0, 0.05) is 25.8 Å². The zero-order valence-electron chi connectivity index (χ0n) is 66.8. The van der Waals surface area contributed by atoms with Gasteiger partial charge in [-0.05, 0) is 106 Å². The Balaban J connectivity index is 7.03. The number of aliphatic hydroxyl groups is 3. The third kappa shape index (κ3) is 40.5. The van der Waals surface area contributed by atoms with Gasteiger partial charge >= 0.3 is 29.8 Å². The number of amides is 13. The van der Waals surface area contributed by atoms with Gasteiger partial charge in [0.25, 0.3) is 0 Å². The van der Waals surface area contributed by atoms with Crippen LogP contribution in [0.2, 0.25) is 0 Å². The molecule has 0 heterocycles. The minimum Gasteiger partial charge on any atom is -0.481 e. The number of hydrogen-bond donors (Lipinski definition) is 24. The largest absolute Gasteiger partial charge is 0.481 e. The van der Waals surface area contributed by atoms with Crippen LogP contribution in [-0.2, 0) is 86.3 Å². The fourth-order valence-electron chi connectivity index (χ4n) is 11.2. The van der Waals surface area contributed by atoms with E-state index in [2.05, 4.69) is 69.1 Å². The second-order valence-corrected chi connectivity index (χ2v) is 30.3. The van der Waals surface area contributed by atoms with E-state index in [1.54, 1.807) is 61.6 Å². The van der Waals surface area contributed by atoms with Gasteiger partial charge in [-0.3, -0.25) is 86.3 Å².